The lowest BCUT2D eigenvalue weighted by molar-refractivity contribution is -0.137. The van der Waals surface area contributed by atoms with Crippen LogP contribution in [0.25, 0.3) is 11.1 Å². The highest BCUT2D eigenvalue weighted by Crippen LogP contribution is 2.36. The Morgan fingerprint density at radius 1 is 1.03 bits per heavy atom. The molecule has 0 bridgehead atoms. The van der Waals surface area contributed by atoms with Crippen molar-refractivity contribution in [3.63, 3.8) is 0 Å². The average molecular weight is 460 g/mol. The second kappa shape index (κ2) is 9.60. The molecule has 2 aromatic carbocycles. The Morgan fingerprint density at radius 2 is 1.67 bits per heavy atom. The molecular formula is C25H27F3N2O3. The monoisotopic (exact) mass is 460 g/mol. The van der Waals surface area contributed by atoms with Crippen LogP contribution >= 0.6 is 0 Å². The molecule has 0 radical (unpaired) electrons. The number of carbonyl (C=O) groups excluding carboxylic acids is 1. The second-order valence-corrected chi connectivity index (χ2v) is 7.67. The van der Waals surface area contributed by atoms with E-state index in [1.54, 1.807) is 21.1 Å². The summed E-state index contributed by atoms with van der Waals surface area (Å²) in [6.07, 6.45) is -3.20. The average Bonchev–Trinajstić information content (AvgIpc) is 3.08. The van der Waals surface area contributed by atoms with Gasteiger partial charge in [-0.05, 0) is 55.2 Å². The van der Waals surface area contributed by atoms with Crippen molar-refractivity contribution in [3.8, 4) is 22.6 Å². The van der Waals surface area contributed by atoms with Crippen LogP contribution in [-0.2, 0) is 25.6 Å². The minimum absolute atomic E-state index is 0.332. The smallest absolute Gasteiger partial charge is 0.416 e. The maximum atomic E-state index is 13.0. The predicted octanol–water partition coefficient (Wildman–Crippen LogP) is 5.40. The summed E-state index contributed by atoms with van der Waals surface area (Å²) in [4.78, 5) is 12.4. The molecule has 33 heavy (non-hydrogen) atoms. The molecule has 1 heterocycles. The molecule has 0 fully saturated rings. The van der Waals surface area contributed by atoms with E-state index in [0.717, 1.165) is 23.4 Å². The fourth-order valence-corrected chi connectivity index (χ4v) is 4.18. The van der Waals surface area contributed by atoms with E-state index < -0.39 is 17.6 Å². The van der Waals surface area contributed by atoms with Crippen LogP contribution < -0.4 is 15.2 Å². The largest absolute Gasteiger partial charge is 0.493 e. The summed E-state index contributed by atoms with van der Waals surface area (Å²) in [7, 11) is 3.14. The summed E-state index contributed by atoms with van der Waals surface area (Å²) in [5, 5.41) is 0. The van der Waals surface area contributed by atoms with Gasteiger partial charge < -0.3 is 19.8 Å². The highest BCUT2D eigenvalue weighted by molar-refractivity contribution is 6.02. The van der Waals surface area contributed by atoms with Crippen molar-refractivity contribution in [2.24, 2.45) is 5.73 Å². The minimum Gasteiger partial charge on any atom is -0.493 e. The maximum absolute atomic E-state index is 13.0. The summed E-state index contributed by atoms with van der Waals surface area (Å²) in [6, 6.07) is 10.5. The van der Waals surface area contributed by atoms with Gasteiger partial charge in [-0.3, -0.25) is 4.79 Å². The lowest BCUT2D eigenvalue weighted by Gasteiger charge is -2.14. The summed E-state index contributed by atoms with van der Waals surface area (Å²) < 4.78 is 51.7. The first-order valence-corrected chi connectivity index (χ1v) is 10.5. The predicted molar refractivity (Wildman–Crippen MR) is 121 cm³/mol. The standard InChI is InChI=1S/C25H27F3N2O3/c1-5-19-23(17-7-9-18(10-8-17)25(26,27)28)22(24(29)31)15(2)30(19)13-12-16-6-11-20(32-3)21(14-16)33-4/h6-11,14H,5,12-13H2,1-4H3,(H2,29,31). The van der Waals surface area contributed by atoms with E-state index in [1.807, 2.05) is 29.7 Å². The maximum Gasteiger partial charge on any atom is 0.416 e. The number of amides is 1. The van der Waals surface area contributed by atoms with Crippen molar-refractivity contribution in [1.29, 1.82) is 0 Å². The van der Waals surface area contributed by atoms with Crippen LogP contribution in [-0.4, -0.2) is 24.7 Å². The number of alkyl halides is 3. The third-order valence-corrected chi connectivity index (χ3v) is 5.79. The van der Waals surface area contributed by atoms with Crippen LogP contribution in [0.4, 0.5) is 13.2 Å². The van der Waals surface area contributed by atoms with Crippen molar-refractivity contribution in [1.82, 2.24) is 4.57 Å². The first kappa shape index (κ1) is 24.2. The molecule has 0 aliphatic carbocycles. The van der Waals surface area contributed by atoms with Crippen LogP contribution in [0.1, 0.15) is 39.8 Å². The van der Waals surface area contributed by atoms with E-state index in [9.17, 15) is 18.0 Å². The van der Waals surface area contributed by atoms with Gasteiger partial charge >= 0.3 is 6.18 Å². The number of nitrogens with two attached hydrogens (primary N) is 1. The molecule has 0 atom stereocenters. The molecule has 0 aliphatic heterocycles. The zero-order chi connectivity index (χ0) is 24.3. The quantitative estimate of drug-likeness (QED) is 0.489. The third kappa shape index (κ3) is 4.84. The van der Waals surface area contributed by atoms with Gasteiger partial charge in [-0.2, -0.15) is 13.2 Å². The Bertz CT molecular complexity index is 1150. The van der Waals surface area contributed by atoms with Gasteiger partial charge in [0.05, 0.1) is 25.3 Å². The van der Waals surface area contributed by atoms with Gasteiger partial charge in [0.2, 0.25) is 0 Å². The lowest BCUT2D eigenvalue weighted by atomic mass is 9.97. The van der Waals surface area contributed by atoms with Crippen LogP contribution in [0.15, 0.2) is 42.5 Å². The number of carbonyl (C=O) groups is 1. The Kier molecular flexibility index (Phi) is 7.05. The number of rotatable bonds is 8. The number of methoxy groups -OCH3 is 2. The number of primary amides is 1. The van der Waals surface area contributed by atoms with Crippen molar-refractivity contribution < 1.29 is 27.4 Å². The molecule has 8 heteroatoms. The highest BCUT2D eigenvalue weighted by atomic mass is 19.4. The first-order chi connectivity index (χ1) is 15.6. The number of hydrogen-bond acceptors (Lipinski definition) is 3. The fourth-order valence-electron chi connectivity index (χ4n) is 4.18. The molecule has 0 aliphatic rings. The van der Waals surface area contributed by atoms with Gasteiger partial charge in [0.25, 0.3) is 5.91 Å². The Labute approximate surface area is 190 Å². The lowest BCUT2D eigenvalue weighted by Crippen LogP contribution is -2.14. The van der Waals surface area contributed by atoms with E-state index in [1.165, 1.54) is 12.1 Å². The van der Waals surface area contributed by atoms with Gasteiger partial charge in [-0.1, -0.05) is 25.1 Å². The van der Waals surface area contributed by atoms with E-state index in [-0.39, 0.29) is 0 Å². The van der Waals surface area contributed by atoms with E-state index in [4.69, 9.17) is 15.2 Å². The molecule has 2 N–H and O–H groups in total. The number of aryl methyl sites for hydroxylation is 1. The van der Waals surface area contributed by atoms with Crippen molar-refractivity contribution >= 4 is 5.91 Å². The molecule has 0 unspecified atom stereocenters. The van der Waals surface area contributed by atoms with E-state index >= 15 is 0 Å². The van der Waals surface area contributed by atoms with E-state index in [2.05, 4.69) is 0 Å². The second-order valence-electron chi connectivity index (χ2n) is 7.67. The zero-order valence-electron chi connectivity index (χ0n) is 19.0. The topological polar surface area (TPSA) is 66.5 Å². The first-order valence-electron chi connectivity index (χ1n) is 10.5. The molecule has 0 spiro atoms. The molecule has 1 aromatic heterocycles. The Hall–Kier alpha value is -3.42. The number of benzene rings is 2. The van der Waals surface area contributed by atoms with Gasteiger partial charge in [0.15, 0.2) is 11.5 Å². The summed E-state index contributed by atoms with van der Waals surface area (Å²) in [5.74, 6) is 0.647. The molecule has 1 amide bonds. The Morgan fingerprint density at radius 3 is 2.18 bits per heavy atom. The molecule has 3 rings (SSSR count). The molecular weight excluding hydrogens is 433 g/mol. The number of nitrogens with zero attached hydrogens (tertiary/aromatic N) is 1. The molecule has 5 nitrogen and oxygen atoms in total. The van der Waals surface area contributed by atoms with Gasteiger partial charge in [0.1, 0.15) is 0 Å². The SMILES string of the molecule is CCc1c(-c2ccc(C(F)(F)F)cc2)c(C(N)=O)c(C)n1CCc1ccc(OC)c(OC)c1. The van der Waals surface area contributed by atoms with Gasteiger partial charge in [0, 0.05) is 23.5 Å². The molecule has 0 saturated heterocycles. The van der Waals surface area contributed by atoms with Crippen LogP contribution in [0, 0.1) is 6.92 Å². The normalized spacial score (nSPS) is 11.5. The third-order valence-electron chi connectivity index (χ3n) is 5.79. The number of aromatic nitrogens is 1. The van der Waals surface area contributed by atoms with Crippen molar-refractivity contribution in [3.05, 3.63) is 70.5 Å². The molecule has 0 saturated carbocycles. The minimum atomic E-state index is -4.43. The van der Waals surface area contributed by atoms with E-state index in [0.29, 0.717) is 53.3 Å². The number of ether oxygens (including phenoxy) is 2. The summed E-state index contributed by atoms with van der Waals surface area (Å²) >= 11 is 0. The van der Waals surface area contributed by atoms with Crippen LogP contribution in [0.2, 0.25) is 0 Å². The van der Waals surface area contributed by atoms with Gasteiger partial charge in [-0.25, -0.2) is 0 Å². The highest BCUT2D eigenvalue weighted by Gasteiger charge is 2.31. The fraction of sp³-hybridized carbons (Fsp3) is 0.320. The number of hydrogen-bond donors (Lipinski definition) is 1. The summed E-state index contributed by atoms with van der Waals surface area (Å²) in [5.41, 5.74) is 8.96. The summed E-state index contributed by atoms with van der Waals surface area (Å²) in [6.45, 7) is 4.31. The van der Waals surface area contributed by atoms with Gasteiger partial charge in [-0.15, -0.1) is 0 Å². The number of halogens is 3. The zero-order valence-corrected chi connectivity index (χ0v) is 19.0. The van der Waals surface area contributed by atoms with Crippen LogP contribution in [0.5, 0.6) is 11.5 Å². The Balaban J connectivity index is 2.03. The van der Waals surface area contributed by atoms with Crippen LogP contribution in [0.3, 0.4) is 0 Å². The van der Waals surface area contributed by atoms with Crippen molar-refractivity contribution in [2.75, 3.05) is 14.2 Å². The van der Waals surface area contributed by atoms with Crippen molar-refractivity contribution in [2.45, 2.75) is 39.4 Å². The molecule has 176 valence electrons. The molecule has 3 aromatic rings.